The first kappa shape index (κ1) is 11.5. The van der Waals surface area contributed by atoms with Crippen LogP contribution in [0.4, 0.5) is 10.1 Å². The van der Waals surface area contributed by atoms with E-state index in [0.29, 0.717) is 6.07 Å². The number of halogens is 1. The summed E-state index contributed by atoms with van der Waals surface area (Å²) in [6.07, 6.45) is 0. The van der Waals surface area contributed by atoms with Gasteiger partial charge in [0.2, 0.25) is 5.82 Å². The molecule has 3 N–H and O–H groups in total. The third-order valence-electron chi connectivity index (χ3n) is 1.58. The molecule has 1 aromatic carbocycles. The molecule has 0 atom stereocenters. The van der Waals surface area contributed by atoms with E-state index in [0.717, 1.165) is 12.1 Å². The summed E-state index contributed by atoms with van der Waals surface area (Å²) >= 11 is 0. The van der Waals surface area contributed by atoms with Gasteiger partial charge in [-0.05, 0) is 6.07 Å². The van der Waals surface area contributed by atoms with E-state index in [1.807, 2.05) is 0 Å². The second-order valence-electron chi connectivity index (χ2n) is 2.49. The molecule has 0 heterocycles. The number of nitrogens with two attached hydrogens (primary N) is 1. The predicted molar refractivity (Wildman–Crippen MR) is 47.6 cm³/mol. The zero-order chi connectivity index (χ0) is 11.6. The van der Waals surface area contributed by atoms with Crippen molar-refractivity contribution >= 4 is 15.7 Å². The number of nitro benzene ring substituents is 1. The second kappa shape index (κ2) is 3.88. The van der Waals surface area contributed by atoms with Crippen molar-refractivity contribution in [1.82, 2.24) is 4.83 Å². The van der Waals surface area contributed by atoms with Crippen molar-refractivity contribution in [3.8, 4) is 0 Å². The van der Waals surface area contributed by atoms with E-state index in [9.17, 15) is 22.9 Å². The summed E-state index contributed by atoms with van der Waals surface area (Å²) in [5, 5.41) is 10.2. The lowest BCUT2D eigenvalue weighted by atomic mass is 10.3. The molecule has 0 radical (unpaired) electrons. The molecule has 1 rings (SSSR count). The van der Waals surface area contributed by atoms with Crippen LogP contribution in [-0.2, 0) is 10.0 Å². The molecule has 7 nitrogen and oxygen atoms in total. The van der Waals surface area contributed by atoms with E-state index in [2.05, 4.69) is 0 Å². The van der Waals surface area contributed by atoms with Gasteiger partial charge in [0, 0.05) is 12.1 Å². The summed E-state index contributed by atoms with van der Waals surface area (Å²) in [5.41, 5.74) is -0.800. The molecule has 0 aliphatic rings. The van der Waals surface area contributed by atoms with Crippen LogP contribution in [0.5, 0.6) is 0 Å². The number of hydrogen-bond acceptors (Lipinski definition) is 5. The van der Waals surface area contributed by atoms with Gasteiger partial charge in [-0.15, -0.1) is 0 Å². The Balaban J connectivity index is 3.30. The Kier molecular flexibility index (Phi) is 2.98. The van der Waals surface area contributed by atoms with Crippen LogP contribution in [0.3, 0.4) is 0 Å². The number of nitrogens with one attached hydrogen (secondary N) is 1. The Morgan fingerprint density at radius 3 is 2.47 bits per heavy atom. The number of hydrogen-bond donors (Lipinski definition) is 2. The minimum atomic E-state index is -4.00. The van der Waals surface area contributed by atoms with Gasteiger partial charge in [-0.25, -0.2) is 8.42 Å². The standard InChI is InChI=1S/C6H6FN3O4S/c7-5-3-4(15(13,14)9-8)1-2-6(5)10(11)12/h1-3,9H,8H2. The summed E-state index contributed by atoms with van der Waals surface area (Å²) in [4.78, 5) is 10.3. The maximum Gasteiger partial charge on any atom is 0.304 e. The molecule has 1 aromatic rings. The first-order valence-corrected chi connectivity index (χ1v) is 5.03. The number of hydrazine groups is 1. The Bertz CT molecular complexity index is 501. The molecular formula is C6H6FN3O4S. The number of nitrogens with zero attached hydrogens (tertiary/aromatic N) is 1. The monoisotopic (exact) mass is 235 g/mol. The number of rotatable bonds is 3. The number of nitro groups is 1. The Hall–Kier alpha value is -1.58. The molecule has 0 saturated carbocycles. The lowest BCUT2D eigenvalue weighted by Crippen LogP contribution is -2.30. The van der Waals surface area contributed by atoms with Crippen LogP contribution in [-0.4, -0.2) is 13.3 Å². The molecule has 0 fully saturated rings. The van der Waals surface area contributed by atoms with E-state index >= 15 is 0 Å². The molecule has 0 unspecified atom stereocenters. The van der Waals surface area contributed by atoms with Crippen LogP contribution in [0, 0.1) is 15.9 Å². The van der Waals surface area contributed by atoms with Gasteiger partial charge in [0.15, 0.2) is 0 Å². The minimum Gasteiger partial charge on any atom is -0.258 e. The molecular weight excluding hydrogens is 229 g/mol. The van der Waals surface area contributed by atoms with Crippen molar-refractivity contribution in [2.24, 2.45) is 5.84 Å². The van der Waals surface area contributed by atoms with Gasteiger partial charge in [0.05, 0.1) is 9.82 Å². The van der Waals surface area contributed by atoms with Crippen molar-refractivity contribution in [1.29, 1.82) is 0 Å². The molecule has 0 aliphatic carbocycles. The van der Waals surface area contributed by atoms with Gasteiger partial charge in [0.1, 0.15) is 0 Å². The van der Waals surface area contributed by atoms with Crippen molar-refractivity contribution in [3.05, 3.63) is 34.1 Å². The second-order valence-corrected chi connectivity index (χ2v) is 4.21. The van der Waals surface area contributed by atoms with E-state index < -0.39 is 31.3 Å². The highest BCUT2D eigenvalue weighted by molar-refractivity contribution is 7.89. The summed E-state index contributed by atoms with van der Waals surface area (Å²) < 4.78 is 35.1. The van der Waals surface area contributed by atoms with Gasteiger partial charge in [-0.3, -0.25) is 16.0 Å². The first-order valence-electron chi connectivity index (χ1n) is 3.55. The molecule has 0 aromatic heterocycles. The summed E-state index contributed by atoms with van der Waals surface area (Å²) in [7, 11) is -4.00. The third-order valence-corrected chi connectivity index (χ3v) is 2.77. The molecule has 0 spiro atoms. The fourth-order valence-corrected chi connectivity index (χ4v) is 1.51. The van der Waals surface area contributed by atoms with E-state index in [1.54, 1.807) is 0 Å². The fraction of sp³-hybridized carbons (Fsp3) is 0. The van der Waals surface area contributed by atoms with Gasteiger partial charge < -0.3 is 0 Å². The van der Waals surface area contributed by atoms with Crippen LogP contribution < -0.4 is 10.7 Å². The van der Waals surface area contributed by atoms with Crippen LogP contribution in [0.25, 0.3) is 0 Å². The molecule has 9 heteroatoms. The quantitative estimate of drug-likeness (QED) is 0.430. The molecule has 0 saturated heterocycles. The third kappa shape index (κ3) is 2.26. The summed E-state index contributed by atoms with van der Waals surface area (Å²) in [6, 6.07) is 2.16. The van der Waals surface area contributed by atoms with Crippen molar-refractivity contribution < 1.29 is 17.7 Å². The van der Waals surface area contributed by atoms with Crippen LogP contribution >= 0.6 is 0 Å². The van der Waals surface area contributed by atoms with Crippen molar-refractivity contribution in [2.45, 2.75) is 4.90 Å². The van der Waals surface area contributed by atoms with Gasteiger partial charge in [-0.1, -0.05) is 0 Å². The SMILES string of the molecule is NNS(=O)(=O)c1ccc([N+](=O)[O-])c(F)c1. The largest absolute Gasteiger partial charge is 0.304 e. The van der Waals surface area contributed by atoms with Crippen molar-refractivity contribution in [2.75, 3.05) is 0 Å². The molecule has 0 aliphatic heterocycles. The highest BCUT2D eigenvalue weighted by atomic mass is 32.2. The molecule has 0 amide bonds. The highest BCUT2D eigenvalue weighted by Gasteiger charge is 2.19. The fourth-order valence-electron chi connectivity index (χ4n) is 0.871. The van der Waals surface area contributed by atoms with Gasteiger partial charge in [-0.2, -0.15) is 9.22 Å². The van der Waals surface area contributed by atoms with Gasteiger partial charge >= 0.3 is 5.69 Å². The maximum absolute atomic E-state index is 13.0. The average molecular weight is 235 g/mol. The lowest BCUT2D eigenvalue weighted by Gasteiger charge is -2.01. The topological polar surface area (TPSA) is 115 Å². The number of sulfonamides is 1. The van der Waals surface area contributed by atoms with E-state index in [4.69, 9.17) is 5.84 Å². The Morgan fingerprint density at radius 2 is 2.07 bits per heavy atom. The van der Waals surface area contributed by atoms with Crippen LogP contribution in [0.15, 0.2) is 23.1 Å². The van der Waals surface area contributed by atoms with Crippen molar-refractivity contribution in [3.63, 3.8) is 0 Å². The van der Waals surface area contributed by atoms with Crippen LogP contribution in [0.1, 0.15) is 0 Å². The molecule has 82 valence electrons. The lowest BCUT2D eigenvalue weighted by molar-refractivity contribution is -0.387. The zero-order valence-corrected chi connectivity index (χ0v) is 7.99. The number of benzene rings is 1. The van der Waals surface area contributed by atoms with Gasteiger partial charge in [0.25, 0.3) is 10.0 Å². The minimum absolute atomic E-state index is 0.479. The maximum atomic E-state index is 13.0. The summed E-state index contributed by atoms with van der Waals surface area (Å²) in [5.74, 6) is 3.45. The molecule has 15 heavy (non-hydrogen) atoms. The average Bonchev–Trinajstić information content (AvgIpc) is 2.17. The van der Waals surface area contributed by atoms with E-state index in [-0.39, 0.29) is 0 Å². The highest BCUT2D eigenvalue weighted by Crippen LogP contribution is 2.20. The first-order chi connectivity index (χ1) is 6.88. The van der Waals surface area contributed by atoms with Crippen LogP contribution in [0.2, 0.25) is 0 Å². The zero-order valence-electron chi connectivity index (χ0n) is 7.18. The smallest absolute Gasteiger partial charge is 0.258 e. The Morgan fingerprint density at radius 1 is 1.47 bits per heavy atom. The predicted octanol–water partition coefficient (Wildman–Crippen LogP) is -0.114. The normalized spacial score (nSPS) is 11.3. The van der Waals surface area contributed by atoms with E-state index in [1.165, 1.54) is 4.83 Å². The Labute approximate surface area is 83.9 Å². The molecule has 0 bridgehead atoms. The summed E-state index contributed by atoms with van der Waals surface area (Å²) in [6.45, 7) is 0.